The molecule has 0 N–H and O–H groups in total. The van der Waals surface area contributed by atoms with Crippen molar-refractivity contribution in [2.24, 2.45) is 0 Å². The number of rotatable bonds is 19. The minimum absolute atomic E-state index is 0.377. The highest BCUT2D eigenvalue weighted by Crippen LogP contribution is 2.57. The molecule has 0 saturated carbocycles. The van der Waals surface area contributed by atoms with Crippen LogP contribution in [0.15, 0.2) is 522 Å². The van der Waals surface area contributed by atoms with Crippen LogP contribution in [0.2, 0.25) is 0 Å². The molecule has 130 heavy (non-hydrogen) atoms. The number of nitrogens with zero attached hydrogens (tertiary/aromatic N) is 3. The van der Waals surface area contributed by atoms with Gasteiger partial charge in [-0.1, -0.05) is 413 Å². The average molecular weight is 1650 g/mol. The van der Waals surface area contributed by atoms with Crippen LogP contribution in [-0.4, -0.2) is 6.71 Å². The minimum Gasteiger partial charge on any atom is -0.310 e. The van der Waals surface area contributed by atoms with Gasteiger partial charge in [0.2, 0.25) is 0 Å². The van der Waals surface area contributed by atoms with Gasteiger partial charge in [0.05, 0.1) is 17.1 Å². The van der Waals surface area contributed by atoms with Crippen LogP contribution in [0.5, 0.6) is 0 Å². The van der Waals surface area contributed by atoms with E-state index in [9.17, 15) is 0 Å². The van der Waals surface area contributed by atoms with Crippen molar-refractivity contribution in [1.82, 2.24) is 0 Å². The summed E-state index contributed by atoms with van der Waals surface area (Å²) >= 11 is 0. The Bertz CT molecular complexity index is 7090. The smallest absolute Gasteiger partial charge is 0.252 e. The molecule has 0 spiro atoms. The SMILES string of the molecule is c1ccc(-c2ccc(N(c3cccc(-c4ccccc4)c3)c3cc4c5c(c3)N(c3c(-c6ccccc6)cc(-c6cc(-c7ccccc7)cc(-c7ccccc7)c6)cc3-c3ccccc3)c3ccc(-c6ccccc6)cc3B5c3cc(-c5ccccc5)ccc3N4c3c(-c4ccccc4)cc(-c4cc(-c5ccccc5)cc(-c5ccccc5)c4)cc3-c3ccccc3)cc2)cc1. The molecule has 0 fully saturated rings. The van der Waals surface area contributed by atoms with Crippen molar-refractivity contribution in [3.8, 4) is 156 Å². The van der Waals surface area contributed by atoms with Crippen LogP contribution in [0, 0.1) is 0 Å². The van der Waals surface area contributed by atoms with Crippen LogP contribution in [0.25, 0.3) is 156 Å². The molecule has 0 aromatic heterocycles. The molecule has 0 atom stereocenters. The van der Waals surface area contributed by atoms with E-state index in [4.69, 9.17) is 0 Å². The van der Waals surface area contributed by atoms with E-state index in [1.165, 1.54) is 10.9 Å². The van der Waals surface area contributed by atoms with Gasteiger partial charge >= 0.3 is 0 Å². The summed E-state index contributed by atoms with van der Waals surface area (Å²) in [5.41, 5.74) is 44.0. The van der Waals surface area contributed by atoms with Gasteiger partial charge in [0.15, 0.2) is 0 Å². The predicted molar refractivity (Wildman–Crippen MR) is 551 cm³/mol. The molecular formula is C126H86BN3. The van der Waals surface area contributed by atoms with Crippen molar-refractivity contribution < 1.29 is 0 Å². The van der Waals surface area contributed by atoms with Crippen LogP contribution in [0.4, 0.5) is 51.2 Å². The highest BCUT2D eigenvalue weighted by atomic mass is 15.2. The summed E-state index contributed by atoms with van der Waals surface area (Å²) in [6, 6.07) is 194. The maximum Gasteiger partial charge on any atom is 0.252 e. The Hall–Kier alpha value is -16.9. The second-order valence-electron chi connectivity index (χ2n) is 33.8. The van der Waals surface area contributed by atoms with Gasteiger partial charge in [-0.15, -0.1) is 0 Å². The Morgan fingerprint density at radius 1 is 0.138 bits per heavy atom. The molecule has 3 nitrogen and oxygen atoms in total. The molecule has 21 aromatic rings. The number of fused-ring (bicyclic) bond motifs is 4. The van der Waals surface area contributed by atoms with Crippen LogP contribution in [0.1, 0.15) is 0 Å². The molecule has 0 unspecified atom stereocenters. The van der Waals surface area contributed by atoms with E-state index in [0.29, 0.717) is 0 Å². The normalized spacial score (nSPS) is 11.8. The molecule has 2 aliphatic heterocycles. The fourth-order valence-electron chi connectivity index (χ4n) is 19.8. The summed E-state index contributed by atoms with van der Waals surface area (Å²) in [6.45, 7) is -0.377. The number of hydrogen-bond acceptors (Lipinski definition) is 3. The Labute approximate surface area is 761 Å². The maximum absolute atomic E-state index is 2.71. The molecule has 0 bridgehead atoms. The average Bonchev–Trinajstić information content (AvgIpc) is 0.683. The van der Waals surface area contributed by atoms with Crippen molar-refractivity contribution in [3.05, 3.63) is 522 Å². The lowest BCUT2D eigenvalue weighted by Crippen LogP contribution is -2.61. The summed E-state index contributed by atoms with van der Waals surface area (Å²) < 4.78 is 0. The number of hydrogen-bond donors (Lipinski definition) is 0. The van der Waals surface area contributed by atoms with Crippen molar-refractivity contribution in [2.75, 3.05) is 14.7 Å². The van der Waals surface area contributed by atoms with Gasteiger partial charge in [0.1, 0.15) is 0 Å². The Kier molecular flexibility index (Phi) is 20.5. The van der Waals surface area contributed by atoms with Crippen molar-refractivity contribution in [3.63, 3.8) is 0 Å². The first kappa shape index (κ1) is 77.9. The molecule has 608 valence electrons. The predicted octanol–water partition coefficient (Wildman–Crippen LogP) is 32.6. The first-order valence-electron chi connectivity index (χ1n) is 44.9. The van der Waals surface area contributed by atoms with Crippen molar-refractivity contribution in [2.45, 2.75) is 0 Å². The van der Waals surface area contributed by atoms with E-state index in [1.807, 2.05) is 0 Å². The Balaban J connectivity index is 0.889. The maximum atomic E-state index is 2.71. The fraction of sp³-hybridized carbons (Fsp3) is 0. The van der Waals surface area contributed by atoms with Crippen LogP contribution < -0.4 is 31.1 Å². The van der Waals surface area contributed by atoms with Crippen LogP contribution in [-0.2, 0) is 0 Å². The molecule has 0 amide bonds. The topological polar surface area (TPSA) is 9.72 Å². The highest BCUT2D eigenvalue weighted by molar-refractivity contribution is 7.00. The van der Waals surface area contributed by atoms with Gasteiger partial charge in [-0.2, -0.15) is 0 Å². The second-order valence-corrected chi connectivity index (χ2v) is 33.8. The third kappa shape index (κ3) is 14.9. The third-order valence-electron chi connectivity index (χ3n) is 25.9. The van der Waals surface area contributed by atoms with Crippen molar-refractivity contribution in [1.29, 1.82) is 0 Å². The van der Waals surface area contributed by atoms with E-state index in [2.05, 4.69) is 536 Å². The van der Waals surface area contributed by atoms with Gasteiger partial charge in [-0.05, 0) is 259 Å². The summed E-state index contributed by atoms with van der Waals surface area (Å²) in [6.07, 6.45) is 0. The standard InChI is InChI=1S/C126H86BN3/c1-13-38-87(39-14-1)95-64-68-111(69-65-95)128(112-63-37-62-100(78-112)88-40-15-2-16-41-88)113-85-122-124-123(86-113)130(126-116(98-58-33-11-34-59-98)81-110(82-117(126)99-60-35-12-36-61-99)108-76-105(93-50-25-7-26-51-93)73-106(77-108)94-52-27-8-28-53-94)121-71-67-102(90-44-19-4-20-45-90)84-119(121)127(124)118-83-101(89-42-17-3-18-43-89)66-70-120(118)129(122)125-114(96-54-29-9-30-55-96)79-109(80-115(125)97-56-31-10-32-57-97)107-74-103(91-46-21-5-22-47-91)72-104(75-107)92-48-23-6-24-49-92/h1-86H. The third-order valence-corrected chi connectivity index (χ3v) is 25.9. The van der Waals surface area contributed by atoms with Gasteiger partial charge < -0.3 is 14.7 Å². The lowest BCUT2D eigenvalue weighted by molar-refractivity contribution is 1.23. The van der Waals surface area contributed by atoms with E-state index in [1.54, 1.807) is 0 Å². The lowest BCUT2D eigenvalue weighted by atomic mass is 9.33. The second kappa shape index (κ2) is 34.2. The zero-order chi connectivity index (χ0) is 86.2. The molecule has 23 rings (SSSR count). The van der Waals surface area contributed by atoms with Gasteiger partial charge in [0.25, 0.3) is 6.71 Å². The highest BCUT2D eigenvalue weighted by Gasteiger charge is 2.46. The van der Waals surface area contributed by atoms with E-state index in [-0.39, 0.29) is 6.71 Å². The van der Waals surface area contributed by atoms with Crippen LogP contribution in [0.3, 0.4) is 0 Å². The van der Waals surface area contributed by atoms with Crippen LogP contribution >= 0.6 is 0 Å². The summed E-state index contributed by atoms with van der Waals surface area (Å²) in [4.78, 5) is 7.94. The summed E-state index contributed by atoms with van der Waals surface area (Å²) in [7, 11) is 0. The Morgan fingerprint density at radius 2 is 0.362 bits per heavy atom. The molecule has 0 radical (unpaired) electrons. The number of benzene rings is 21. The van der Waals surface area contributed by atoms with Gasteiger partial charge in [0, 0.05) is 56.4 Å². The fourth-order valence-corrected chi connectivity index (χ4v) is 19.8. The molecule has 0 saturated heterocycles. The summed E-state index contributed by atoms with van der Waals surface area (Å²) in [5, 5.41) is 0. The largest absolute Gasteiger partial charge is 0.310 e. The van der Waals surface area contributed by atoms with E-state index in [0.717, 1.165) is 212 Å². The summed E-state index contributed by atoms with van der Waals surface area (Å²) in [5.74, 6) is 0. The molecule has 4 heteroatoms. The molecule has 0 aliphatic carbocycles. The lowest BCUT2D eigenvalue weighted by Gasteiger charge is -2.46. The minimum atomic E-state index is -0.377. The molecule has 21 aromatic carbocycles. The quantitative estimate of drug-likeness (QED) is 0.0747. The van der Waals surface area contributed by atoms with Crippen molar-refractivity contribution >= 4 is 74.3 Å². The van der Waals surface area contributed by atoms with E-state index < -0.39 is 0 Å². The molecule has 2 aliphatic rings. The zero-order valence-corrected chi connectivity index (χ0v) is 71.6. The van der Waals surface area contributed by atoms with Gasteiger partial charge in [-0.3, -0.25) is 0 Å². The van der Waals surface area contributed by atoms with Gasteiger partial charge in [-0.25, -0.2) is 0 Å². The first-order valence-corrected chi connectivity index (χ1v) is 44.9. The zero-order valence-electron chi connectivity index (χ0n) is 71.6. The first-order chi connectivity index (χ1) is 64.5. The molecule has 2 heterocycles. The Morgan fingerprint density at radius 3 is 0.654 bits per heavy atom. The number of anilines is 9. The molecular weight excluding hydrogens is 1570 g/mol. The van der Waals surface area contributed by atoms with E-state index >= 15 is 0 Å². The monoisotopic (exact) mass is 1650 g/mol.